The third kappa shape index (κ3) is 7.24. The molecule has 0 radical (unpaired) electrons. The number of aliphatic hydroxyl groups is 1. The van der Waals surface area contributed by atoms with Crippen molar-refractivity contribution in [3.8, 4) is 11.5 Å². The second-order valence-electron chi connectivity index (χ2n) is 5.92. The average Bonchev–Trinajstić information content (AvgIpc) is 2.62. The smallest absolute Gasteiger partial charge is 0.211 e. The van der Waals surface area contributed by atoms with Gasteiger partial charge in [-0.2, -0.15) is 0 Å². The summed E-state index contributed by atoms with van der Waals surface area (Å²) in [6.45, 7) is 2.41. The van der Waals surface area contributed by atoms with Crippen LogP contribution < -0.4 is 15.4 Å². The number of carbonyl (C=O) groups is 1. The number of ether oxygens (including phenoxy) is 1. The molecule has 8 nitrogen and oxygen atoms in total. The molecule has 0 heterocycles. The van der Waals surface area contributed by atoms with Crippen molar-refractivity contribution >= 4 is 12.1 Å². The van der Waals surface area contributed by atoms with Gasteiger partial charge in [-0.3, -0.25) is 4.79 Å². The number of carbonyl (C=O) groups excluding carboxylic acids is 1. The maximum atomic E-state index is 10.5. The topological polar surface area (TPSA) is 154 Å². The molecule has 8 heteroatoms. The number of amides is 1. The molecule has 2 aromatic rings. The predicted octanol–water partition coefficient (Wildman–Crippen LogP) is 0.574. The number of rotatable bonds is 9. The minimum Gasteiger partial charge on any atom is -0.506 e. The van der Waals surface area contributed by atoms with Crippen molar-refractivity contribution in [3.05, 3.63) is 53.6 Å². The maximum Gasteiger partial charge on any atom is 0.211 e. The molecule has 150 valence electrons. The lowest BCUT2D eigenvalue weighted by Gasteiger charge is -2.18. The third-order valence-electron chi connectivity index (χ3n) is 3.98. The normalized spacial score (nSPS) is 12.1. The molecule has 0 aliphatic rings. The number of anilines is 1. The number of nitrogens with one attached hydrogen (secondary N) is 2. The van der Waals surface area contributed by atoms with E-state index in [9.17, 15) is 15.0 Å². The number of phenolic OH excluding ortho intramolecular Hbond substituents is 1. The zero-order valence-corrected chi connectivity index (χ0v) is 15.4. The van der Waals surface area contributed by atoms with Crippen molar-refractivity contribution in [1.82, 2.24) is 5.32 Å². The van der Waals surface area contributed by atoms with Crippen LogP contribution in [0.25, 0.3) is 0 Å². The standard InChI is InChI=1S/C19H24N2O4.2H2O/c1-13(9-14-3-6-16(25-2)7-4-14)20-11-19(24)15-5-8-18(23)17(10-15)21-12-22;;/h3-8,10,12-13,19-20,23-24H,9,11H2,1-2H3,(H,21,22);2*1H2. The SMILES string of the molecule is COc1ccc(CC(C)NCC(O)c2ccc(O)c(NC=O)c2)cc1.O.O. The predicted molar refractivity (Wildman–Crippen MR) is 104 cm³/mol. The summed E-state index contributed by atoms with van der Waals surface area (Å²) in [6.07, 6.45) is 0.566. The van der Waals surface area contributed by atoms with Gasteiger partial charge >= 0.3 is 0 Å². The fourth-order valence-electron chi connectivity index (χ4n) is 2.56. The Hall–Kier alpha value is -2.65. The van der Waals surface area contributed by atoms with Crippen molar-refractivity contribution < 1.29 is 30.7 Å². The molecule has 0 aliphatic heterocycles. The second kappa shape index (κ2) is 11.9. The second-order valence-corrected chi connectivity index (χ2v) is 5.92. The van der Waals surface area contributed by atoms with Crippen LogP contribution in [0.4, 0.5) is 5.69 Å². The Morgan fingerprint density at radius 1 is 1.15 bits per heavy atom. The van der Waals surface area contributed by atoms with Crippen LogP contribution in [0, 0.1) is 0 Å². The van der Waals surface area contributed by atoms with Crippen LogP contribution in [0.3, 0.4) is 0 Å². The van der Waals surface area contributed by atoms with E-state index in [4.69, 9.17) is 4.74 Å². The van der Waals surface area contributed by atoms with Crippen molar-refractivity contribution in [2.75, 3.05) is 19.0 Å². The Kier molecular flexibility index (Phi) is 10.7. The molecule has 2 unspecified atom stereocenters. The van der Waals surface area contributed by atoms with E-state index in [1.165, 1.54) is 11.6 Å². The van der Waals surface area contributed by atoms with E-state index < -0.39 is 6.10 Å². The maximum absolute atomic E-state index is 10.5. The van der Waals surface area contributed by atoms with E-state index in [2.05, 4.69) is 10.6 Å². The zero-order valence-electron chi connectivity index (χ0n) is 15.4. The van der Waals surface area contributed by atoms with Gasteiger partial charge in [-0.25, -0.2) is 0 Å². The minimum absolute atomic E-state index is 0. The Bertz CT molecular complexity index is 693. The van der Waals surface area contributed by atoms with Crippen LogP contribution in [-0.2, 0) is 11.2 Å². The molecular formula is C19H28N2O6. The number of aromatic hydroxyl groups is 1. The molecule has 8 N–H and O–H groups in total. The Labute approximate surface area is 158 Å². The molecule has 2 aromatic carbocycles. The highest BCUT2D eigenvalue weighted by Crippen LogP contribution is 2.26. The molecule has 0 saturated carbocycles. The summed E-state index contributed by atoms with van der Waals surface area (Å²) < 4.78 is 5.14. The summed E-state index contributed by atoms with van der Waals surface area (Å²) in [7, 11) is 1.64. The van der Waals surface area contributed by atoms with Gasteiger partial charge in [-0.05, 0) is 48.7 Å². The van der Waals surface area contributed by atoms with E-state index in [0.717, 1.165) is 12.2 Å². The fraction of sp³-hybridized carbons (Fsp3) is 0.316. The quantitative estimate of drug-likeness (QED) is 0.370. The van der Waals surface area contributed by atoms with E-state index >= 15 is 0 Å². The van der Waals surface area contributed by atoms with Crippen LogP contribution in [-0.4, -0.2) is 47.3 Å². The van der Waals surface area contributed by atoms with Crippen LogP contribution >= 0.6 is 0 Å². The van der Waals surface area contributed by atoms with Crippen molar-refractivity contribution in [3.63, 3.8) is 0 Å². The monoisotopic (exact) mass is 380 g/mol. The first-order valence-electron chi connectivity index (χ1n) is 8.11. The first kappa shape index (κ1) is 24.4. The Balaban J connectivity index is 0.00000338. The van der Waals surface area contributed by atoms with Crippen LogP contribution in [0.15, 0.2) is 42.5 Å². The summed E-state index contributed by atoms with van der Waals surface area (Å²) in [5.41, 5.74) is 2.07. The van der Waals surface area contributed by atoms with E-state index in [0.29, 0.717) is 18.5 Å². The van der Waals surface area contributed by atoms with E-state index in [1.54, 1.807) is 19.2 Å². The van der Waals surface area contributed by atoms with E-state index in [1.807, 2.05) is 31.2 Å². The molecule has 0 bridgehead atoms. The third-order valence-corrected chi connectivity index (χ3v) is 3.98. The highest BCUT2D eigenvalue weighted by molar-refractivity contribution is 5.75. The number of hydrogen-bond donors (Lipinski definition) is 4. The van der Waals surface area contributed by atoms with Crippen molar-refractivity contribution in [2.45, 2.75) is 25.5 Å². The molecule has 0 aromatic heterocycles. The van der Waals surface area contributed by atoms with Gasteiger partial charge in [0.1, 0.15) is 11.5 Å². The van der Waals surface area contributed by atoms with Crippen LogP contribution in [0.2, 0.25) is 0 Å². The summed E-state index contributed by atoms with van der Waals surface area (Å²) >= 11 is 0. The van der Waals surface area contributed by atoms with Gasteiger partial charge in [-0.1, -0.05) is 18.2 Å². The number of methoxy groups -OCH3 is 1. The highest BCUT2D eigenvalue weighted by Gasteiger charge is 2.12. The van der Waals surface area contributed by atoms with Crippen LogP contribution in [0.1, 0.15) is 24.2 Å². The first-order chi connectivity index (χ1) is 12.0. The Morgan fingerprint density at radius 2 is 1.81 bits per heavy atom. The average molecular weight is 380 g/mol. The Morgan fingerprint density at radius 3 is 2.41 bits per heavy atom. The molecule has 2 rings (SSSR count). The lowest BCUT2D eigenvalue weighted by molar-refractivity contribution is -0.105. The number of aliphatic hydroxyl groups excluding tert-OH is 1. The highest BCUT2D eigenvalue weighted by atomic mass is 16.5. The molecule has 0 saturated heterocycles. The lowest BCUT2D eigenvalue weighted by Crippen LogP contribution is -2.32. The van der Waals surface area contributed by atoms with Gasteiger partial charge in [0.15, 0.2) is 0 Å². The summed E-state index contributed by atoms with van der Waals surface area (Å²) in [5.74, 6) is 0.788. The number of benzene rings is 2. The fourth-order valence-corrected chi connectivity index (χ4v) is 2.56. The molecule has 2 atom stereocenters. The first-order valence-corrected chi connectivity index (χ1v) is 8.11. The van der Waals surface area contributed by atoms with Gasteiger partial charge in [0.05, 0.1) is 18.9 Å². The molecule has 27 heavy (non-hydrogen) atoms. The van der Waals surface area contributed by atoms with Gasteiger partial charge in [0.25, 0.3) is 0 Å². The number of hydrogen-bond acceptors (Lipinski definition) is 5. The molecule has 1 amide bonds. The van der Waals surface area contributed by atoms with Crippen LogP contribution in [0.5, 0.6) is 11.5 Å². The van der Waals surface area contributed by atoms with Gasteiger partial charge in [0, 0.05) is 12.6 Å². The molecule has 0 aliphatic carbocycles. The molecule has 0 fully saturated rings. The number of phenols is 1. The van der Waals surface area contributed by atoms with Crippen molar-refractivity contribution in [2.24, 2.45) is 0 Å². The summed E-state index contributed by atoms with van der Waals surface area (Å²) in [6, 6.07) is 12.7. The summed E-state index contributed by atoms with van der Waals surface area (Å²) in [4.78, 5) is 10.5. The molecule has 0 spiro atoms. The van der Waals surface area contributed by atoms with Gasteiger partial charge < -0.3 is 36.5 Å². The lowest BCUT2D eigenvalue weighted by atomic mass is 10.1. The molecular weight excluding hydrogens is 352 g/mol. The van der Waals surface area contributed by atoms with Gasteiger partial charge in [-0.15, -0.1) is 0 Å². The van der Waals surface area contributed by atoms with E-state index in [-0.39, 0.29) is 28.4 Å². The minimum atomic E-state index is -0.744. The van der Waals surface area contributed by atoms with Crippen molar-refractivity contribution in [1.29, 1.82) is 0 Å². The summed E-state index contributed by atoms with van der Waals surface area (Å²) in [5, 5.41) is 25.6. The largest absolute Gasteiger partial charge is 0.506 e. The zero-order chi connectivity index (χ0) is 18.2. The van der Waals surface area contributed by atoms with Gasteiger partial charge in [0.2, 0.25) is 6.41 Å².